The van der Waals surface area contributed by atoms with Crippen molar-refractivity contribution in [2.45, 2.75) is 46.9 Å². The molecule has 0 aliphatic rings. The Bertz CT molecular complexity index is 48.5. The molecule has 0 atom stereocenters. The molecule has 0 amide bonds. The van der Waals surface area contributed by atoms with Gasteiger partial charge in [0.05, 0.1) is 0 Å². The van der Waals surface area contributed by atoms with Crippen molar-refractivity contribution in [3.63, 3.8) is 0 Å². The molecule has 0 bridgehead atoms. The van der Waals surface area contributed by atoms with Gasteiger partial charge < -0.3 is 0 Å². The van der Waals surface area contributed by atoms with Gasteiger partial charge in [0, 0.05) is 0 Å². The second-order valence-electron chi connectivity index (χ2n) is 2.56. The SMILES string of the molecule is CCC[CH2][Sn+]([CH2]C)[CH2]C. The van der Waals surface area contributed by atoms with Gasteiger partial charge in [-0.25, -0.2) is 0 Å². The number of hydrogen-bond acceptors (Lipinski definition) is 0. The van der Waals surface area contributed by atoms with E-state index in [9.17, 15) is 0 Å². The average Bonchev–Trinajstić information content (AvgIpc) is 1.91. The summed E-state index contributed by atoms with van der Waals surface area (Å²) in [6.45, 7) is 7.06. The first-order valence-corrected chi connectivity index (χ1v) is 10.2. The maximum absolute atomic E-state index is 2.38. The first-order chi connectivity index (χ1) is 4.35. The van der Waals surface area contributed by atoms with Crippen LogP contribution in [0.3, 0.4) is 0 Å². The zero-order chi connectivity index (χ0) is 7.11. The Hall–Kier alpha value is 0.799. The second-order valence-corrected chi connectivity index (χ2v) is 12.3. The van der Waals surface area contributed by atoms with Crippen LogP contribution in [0.4, 0.5) is 0 Å². The summed E-state index contributed by atoms with van der Waals surface area (Å²) in [7, 11) is 0. The average molecular weight is 234 g/mol. The first-order valence-electron chi connectivity index (χ1n) is 4.18. The van der Waals surface area contributed by atoms with E-state index in [1.165, 1.54) is 12.8 Å². The predicted molar refractivity (Wildman–Crippen MR) is 46.4 cm³/mol. The van der Waals surface area contributed by atoms with Crippen molar-refractivity contribution in [3.05, 3.63) is 0 Å². The molecule has 0 nitrogen and oxygen atoms in total. The van der Waals surface area contributed by atoms with E-state index in [2.05, 4.69) is 20.8 Å². The standard InChI is InChI=1S/C4H9.2C2H5.Sn/c1-3-4-2;2*1-2;/h1,3-4H2,2H3;2*1H2,2H3;/q;;;+1. The van der Waals surface area contributed by atoms with Crippen LogP contribution in [0.2, 0.25) is 13.3 Å². The normalized spacial score (nSPS) is 9.67. The van der Waals surface area contributed by atoms with Crippen molar-refractivity contribution in [1.29, 1.82) is 0 Å². The van der Waals surface area contributed by atoms with Crippen LogP contribution < -0.4 is 0 Å². The predicted octanol–water partition coefficient (Wildman–Crippen LogP) is 3.32. The molecule has 0 aromatic carbocycles. The van der Waals surface area contributed by atoms with E-state index < -0.39 is 19.8 Å². The van der Waals surface area contributed by atoms with Gasteiger partial charge in [-0.15, -0.1) is 0 Å². The van der Waals surface area contributed by atoms with Crippen LogP contribution in [0.15, 0.2) is 0 Å². The summed E-state index contributed by atoms with van der Waals surface area (Å²) in [6.07, 6.45) is 2.92. The molecule has 0 spiro atoms. The van der Waals surface area contributed by atoms with Crippen molar-refractivity contribution in [3.8, 4) is 0 Å². The fourth-order valence-electron chi connectivity index (χ4n) is 1.03. The summed E-state index contributed by atoms with van der Waals surface area (Å²) >= 11 is -0.715. The summed E-state index contributed by atoms with van der Waals surface area (Å²) < 4.78 is 4.78. The van der Waals surface area contributed by atoms with E-state index >= 15 is 0 Å². The molecule has 0 saturated carbocycles. The van der Waals surface area contributed by atoms with Crippen LogP contribution in [0.5, 0.6) is 0 Å². The maximum atomic E-state index is 2.38. The molecule has 0 fully saturated rings. The Morgan fingerprint density at radius 2 is 1.56 bits per heavy atom. The summed E-state index contributed by atoms with van der Waals surface area (Å²) in [5.41, 5.74) is 0. The minimum atomic E-state index is -0.715. The quantitative estimate of drug-likeness (QED) is 0.640. The van der Waals surface area contributed by atoms with Gasteiger partial charge in [-0.05, 0) is 0 Å². The van der Waals surface area contributed by atoms with Gasteiger partial charge in [-0.3, -0.25) is 0 Å². The van der Waals surface area contributed by atoms with Crippen LogP contribution >= 0.6 is 0 Å². The molecule has 0 radical (unpaired) electrons. The van der Waals surface area contributed by atoms with Crippen molar-refractivity contribution in [1.82, 2.24) is 0 Å². The Kier molecular flexibility index (Phi) is 7.53. The second kappa shape index (κ2) is 6.91. The number of rotatable bonds is 5. The molecule has 0 aromatic heterocycles. The number of unbranched alkanes of at least 4 members (excludes halogenated alkanes) is 1. The van der Waals surface area contributed by atoms with Crippen LogP contribution in [-0.2, 0) is 0 Å². The molecule has 0 unspecified atom stereocenters. The zero-order valence-electron chi connectivity index (χ0n) is 7.04. The van der Waals surface area contributed by atoms with Crippen LogP contribution in [0.1, 0.15) is 33.6 Å². The molecule has 0 aliphatic carbocycles. The van der Waals surface area contributed by atoms with Gasteiger partial charge in [0.1, 0.15) is 0 Å². The van der Waals surface area contributed by atoms with E-state index in [1.54, 1.807) is 13.3 Å². The van der Waals surface area contributed by atoms with Crippen molar-refractivity contribution < 1.29 is 0 Å². The van der Waals surface area contributed by atoms with Gasteiger partial charge >= 0.3 is 66.7 Å². The molecule has 1 heteroatoms. The Morgan fingerprint density at radius 3 is 1.89 bits per heavy atom. The monoisotopic (exact) mass is 235 g/mol. The minimum absolute atomic E-state index is 0.715. The van der Waals surface area contributed by atoms with E-state index in [4.69, 9.17) is 0 Å². The molecule has 0 aromatic rings. The molecule has 0 rings (SSSR count). The van der Waals surface area contributed by atoms with E-state index in [0.29, 0.717) is 0 Å². The summed E-state index contributed by atoms with van der Waals surface area (Å²) in [6, 6.07) is 0. The van der Waals surface area contributed by atoms with Gasteiger partial charge in [-0.1, -0.05) is 0 Å². The molecule has 0 heterocycles. The van der Waals surface area contributed by atoms with E-state index in [-0.39, 0.29) is 0 Å². The number of hydrogen-bond donors (Lipinski definition) is 0. The Morgan fingerprint density at radius 1 is 1.00 bits per heavy atom. The Labute approximate surface area is 66.8 Å². The van der Waals surface area contributed by atoms with E-state index in [0.717, 1.165) is 0 Å². The van der Waals surface area contributed by atoms with Crippen molar-refractivity contribution >= 4 is 19.8 Å². The van der Waals surface area contributed by atoms with E-state index in [1.807, 2.05) is 0 Å². The fraction of sp³-hybridized carbons (Fsp3) is 1.00. The fourth-order valence-corrected chi connectivity index (χ4v) is 6.91. The van der Waals surface area contributed by atoms with Crippen molar-refractivity contribution in [2.24, 2.45) is 0 Å². The molecule has 0 saturated heterocycles. The third kappa shape index (κ3) is 5.25. The third-order valence-electron chi connectivity index (χ3n) is 1.88. The topological polar surface area (TPSA) is 0 Å². The third-order valence-corrected chi connectivity index (χ3v) is 10.6. The molecule has 0 N–H and O–H groups in total. The van der Waals surface area contributed by atoms with Gasteiger partial charge in [0.15, 0.2) is 0 Å². The van der Waals surface area contributed by atoms with Crippen LogP contribution in [0, 0.1) is 0 Å². The Balaban J connectivity index is 3.09. The zero-order valence-corrected chi connectivity index (χ0v) is 9.89. The summed E-state index contributed by atoms with van der Waals surface area (Å²) in [4.78, 5) is 0. The molecular weight excluding hydrogens is 215 g/mol. The van der Waals surface area contributed by atoms with Gasteiger partial charge in [0.2, 0.25) is 0 Å². The first kappa shape index (κ1) is 9.80. The van der Waals surface area contributed by atoms with Crippen LogP contribution in [-0.4, -0.2) is 19.8 Å². The molecular formula is C8H19Sn+. The van der Waals surface area contributed by atoms with Gasteiger partial charge in [-0.2, -0.15) is 0 Å². The molecule has 9 heavy (non-hydrogen) atoms. The summed E-state index contributed by atoms with van der Waals surface area (Å²) in [5.74, 6) is 0. The summed E-state index contributed by atoms with van der Waals surface area (Å²) in [5, 5.41) is 0. The molecule has 0 aliphatic heterocycles. The van der Waals surface area contributed by atoms with Crippen molar-refractivity contribution in [2.75, 3.05) is 0 Å². The molecule has 54 valence electrons. The van der Waals surface area contributed by atoms with Crippen LogP contribution in [0.25, 0.3) is 0 Å². The van der Waals surface area contributed by atoms with Gasteiger partial charge in [0.25, 0.3) is 0 Å².